The lowest BCUT2D eigenvalue weighted by Gasteiger charge is -2.08. The third-order valence-corrected chi connectivity index (χ3v) is 4.19. The molecule has 2 aromatic rings. The summed E-state index contributed by atoms with van der Waals surface area (Å²) in [6, 6.07) is 6.27. The monoisotopic (exact) mass is 341 g/mol. The van der Waals surface area contributed by atoms with E-state index in [1.165, 1.54) is 18.3 Å². The number of anilines is 1. The van der Waals surface area contributed by atoms with Crippen LogP contribution in [-0.2, 0) is 0 Å². The first-order valence-corrected chi connectivity index (χ1v) is 6.61. The number of benzene rings is 1. The standard InChI is InChI=1S/C12H6BrF2N3S/c13-8-4-9(17)10(14)11(15)12(8)19-7-1-2-18-6(3-7)5-16/h1-4H,17H2. The van der Waals surface area contributed by atoms with Gasteiger partial charge in [-0.1, -0.05) is 11.8 Å². The van der Waals surface area contributed by atoms with Crippen LogP contribution in [0.3, 0.4) is 0 Å². The summed E-state index contributed by atoms with van der Waals surface area (Å²) < 4.78 is 27.6. The number of nitrogen functional groups attached to an aromatic ring is 1. The van der Waals surface area contributed by atoms with Crippen LogP contribution in [0.15, 0.2) is 38.7 Å². The van der Waals surface area contributed by atoms with Crippen LogP contribution in [0.2, 0.25) is 0 Å². The Morgan fingerprint density at radius 3 is 2.74 bits per heavy atom. The normalized spacial score (nSPS) is 10.2. The van der Waals surface area contributed by atoms with Crippen LogP contribution in [0, 0.1) is 23.0 Å². The fourth-order valence-electron chi connectivity index (χ4n) is 1.34. The predicted octanol–water partition coefficient (Wildman–Crippen LogP) is 3.73. The number of hydrogen-bond donors (Lipinski definition) is 1. The van der Waals surface area contributed by atoms with Gasteiger partial charge in [-0.15, -0.1) is 0 Å². The molecule has 0 fully saturated rings. The number of pyridine rings is 1. The molecule has 0 aliphatic rings. The first-order chi connectivity index (χ1) is 9.02. The molecule has 0 saturated heterocycles. The molecule has 0 spiro atoms. The van der Waals surface area contributed by atoms with Gasteiger partial charge in [0.05, 0.1) is 10.6 Å². The zero-order chi connectivity index (χ0) is 14.0. The highest BCUT2D eigenvalue weighted by atomic mass is 79.9. The molecular weight excluding hydrogens is 336 g/mol. The number of halogens is 3. The highest BCUT2D eigenvalue weighted by Crippen LogP contribution is 2.38. The molecule has 2 N–H and O–H groups in total. The lowest BCUT2D eigenvalue weighted by Crippen LogP contribution is -1.97. The molecule has 0 aliphatic carbocycles. The Labute approximate surface area is 120 Å². The number of nitrogens with zero attached hydrogens (tertiary/aromatic N) is 2. The number of nitriles is 1. The SMILES string of the molecule is N#Cc1cc(Sc2c(Br)cc(N)c(F)c2F)ccn1. The molecule has 1 heterocycles. The lowest BCUT2D eigenvalue weighted by atomic mass is 10.3. The third-order valence-electron chi connectivity index (χ3n) is 2.21. The van der Waals surface area contributed by atoms with Gasteiger partial charge >= 0.3 is 0 Å². The van der Waals surface area contributed by atoms with E-state index in [4.69, 9.17) is 11.0 Å². The molecule has 0 bridgehead atoms. The summed E-state index contributed by atoms with van der Waals surface area (Å²) in [7, 11) is 0. The van der Waals surface area contributed by atoms with Crippen molar-refractivity contribution in [2.24, 2.45) is 0 Å². The van der Waals surface area contributed by atoms with E-state index in [0.717, 1.165) is 11.8 Å². The van der Waals surface area contributed by atoms with Crippen LogP contribution in [0.5, 0.6) is 0 Å². The Morgan fingerprint density at radius 1 is 1.32 bits per heavy atom. The minimum atomic E-state index is -1.08. The quantitative estimate of drug-likeness (QED) is 0.667. The Hall–Kier alpha value is -1.65. The van der Waals surface area contributed by atoms with Gasteiger partial charge in [0.25, 0.3) is 0 Å². The van der Waals surface area contributed by atoms with Crippen molar-refractivity contribution in [1.82, 2.24) is 4.98 Å². The summed E-state index contributed by atoms with van der Waals surface area (Å²) in [5.74, 6) is -2.10. The first-order valence-electron chi connectivity index (χ1n) is 5.00. The van der Waals surface area contributed by atoms with Crippen LogP contribution >= 0.6 is 27.7 Å². The van der Waals surface area contributed by atoms with Crippen molar-refractivity contribution in [1.29, 1.82) is 5.26 Å². The second kappa shape index (κ2) is 5.55. The summed E-state index contributed by atoms with van der Waals surface area (Å²) in [6.07, 6.45) is 1.43. The van der Waals surface area contributed by atoms with E-state index >= 15 is 0 Å². The van der Waals surface area contributed by atoms with Gasteiger partial charge in [0.15, 0.2) is 11.6 Å². The zero-order valence-corrected chi connectivity index (χ0v) is 11.7. The Kier molecular flexibility index (Phi) is 4.02. The van der Waals surface area contributed by atoms with Crippen molar-refractivity contribution in [3.63, 3.8) is 0 Å². The van der Waals surface area contributed by atoms with Crippen molar-refractivity contribution < 1.29 is 8.78 Å². The van der Waals surface area contributed by atoms with Gasteiger partial charge in [-0.3, -0.25) is 0 Å². The second-order valence-corrected chi connectivity index (χ2v) is 5.43. The zero-order valence-electron chi connectivity index (χ0n) is 9.32. The number of hydrogen-bond acceptors (Lipinski definition) is 4. The Balaban J connectivity index is 2.44. The molecule has 0 radical (unpaired) electrons. The fourth-order valence-corrected chi connectivity index (χ4v) is 2.88. The van der Waals surface area contributed by atoms with Crippen LogP contribution in [0.1, 0.15) is 5.69 Å². The van der Waals surface area contributed by atoms with E-state index in [1.807, 2.05) is 6.07 Å². The maximum absolute atomic E-state index is 13.8. The highest BCUT2D eigenvalue weighted by Gasteiger charge is 2.17. The van der Waals surface area contributed by atoms with Crippen LogP contribution < -0.4 is 5.73 Å². The molecule has 0 aliphatic heterocycles. The molecule has 2 rings (SSSR count). The molecule has 3 nitrogen and oxygen atoms in total. The topological polar surface area (TPSA) is 62.7 Å². The van der Waals surface area contributed by atoms with Crippen LogP contribution in [-0.4, -0.2) is 4.98 Å². The third kappa shape index (κ3) is 2.85. The lowest BCUT2D eigenvalue weighted by molar-refractivity contribution is 0.493. The molecule has 0 unspecified atom stereocenters. The largest absolute Gasteiger partial charge is 0.396 e. The van der Waals surface area contributed by atoms with Crippen LogP contribution in [0.25, 0.3) is 0 Å². The Morgan fingerprint density at radius 2 is 2.05 bits per heavy atom. The number of rotatable bonds is 2. The average molecular weight is 342 g/mol. The summed E-state index contributed by atoms with van der Waals surface area (Å²) >= 11 is 4.12. The van der Waals surface area contributed by atoms with Gasteiger partial charge in [-0.2, -0.15) is 5.26 Å². The summed E-state index contributed by atoms with van der Waals surface area (Å²) in [5.41, 5.74) is 5.27. The van der Waals surface area contributed by atoms with Crippen molar-refractivity contribution in [2.45, 2.75) is 9.79 Å². The van der Waals surface area contributed by atoms with E-state index in [1.54, 1.807) is 6.07 Å². The minimum Gasteiger partial charge on any atom is -0.396 e. The van der Waals surface area contributed by atoms with E-state index in [2.05, 4.69) is 20.9 Å². The van der Waals surface area contributed by atoms with Crippen molar-refractivity contribution in [3.05, 3.63) is 46.2 Å². The maximum Gasteiger partial charge on any atom is 0.182 e. The molecule has 7 heteroatoms. The average Bonchev–Trinajstić information content (AvgIpc) is 2.41. The first kappa shape index (κ1) is 13.8. The van der Waals surface area contributed by atoms with Crippen molar-refractivity contribution in [2.75, 3.05) is 5.73 Å². The van der Waals surface area contributed by atoms with Gasteiger partial charge in [0.1, 0.15) is 11.8 Å². The molecule has 96 valence electrons. The summed E-state index contributed by atoms with van der Waals surface area (Å²) in [5, 5.41) is 8.74. The van der Waals surface area contributed by atoms with Gasteiger partial charge in [0.2, 0.25) is 0 Å². The van der Waals surface area contributed by atoms with Gasteiger partial charge in [-0.05, 0) is 34.1 Å². The summed E-state index contributed by atoms with van der Waals surface area (Å²) in [4.78, 5) is 4.45. The Bertz CT molecular complexity index is 685. The van der Waals surface area contributed by atoms with Gasteiger partial charge in [0, 0.05) is 15.6 Å². The van der Waals surface area contributed by atoms with Gasteiger partial charge in [-0.25, -0.2) is 13.8 Å². The number of nitrogens with two attached hydrogens (primary N) is 1. The predicted molar refractivity (Wildman–Crippen MR) is 71.5 cm³/mol. The van der Waals surface area contributed by atoms with Crippen molar-refractivity contribution >= 4 is 33.4 Å². The molecule has 0 atom stereocenters. The molecule has 1 aromatic carbocycles. The van der Waals surface area contributed by atoms with Crippen LogP contribution in [0.4, 0.5) is 14.5 Å². The van der Waals surface area contributed by atoms with E-state index < -0.39 is 11.6 Å². The maximum atomic E-state index is 13.8. The van der Waals surface area contributed by atoms with Crippen molar-refractivity contribution in [3.8, 4) is 6.07 Å². The van der Waals surface area contributed by atoms with E-state index in [-0.39, 0.29) is 16.3 Å². The fraction of sp³-hybridized carbons (Fsp3) is 0. The minimum absolute atomic E-state index is 0.0711. The van der Waals surface area contributed by atoms with E-state index in [9.17, 15) is 8.78 Å². The summed E-state index contributed by atoms with van der Waals surface area (Å²) in [6.45, 7) is 0. The highest BCUT2D eigenvalue weighted by molar-refractivity contribution is 9.10. The molecule has 19 heavy (non-hydrogen) atoms. The smallest absolute Gasteiger partial charge is 0.182 e. The molecular formula is C12H6BrF2N3S. The molecule has 1 aromatic heterocycles. The van der Waals surface area contributed by atoms with E-state index in [0.29, 0.717) is 9.37 Å². The second-order valence-electron chi connectivity index (χ2n) is 3.50. The van der Waals surface area contributed by atoms with Gasteiger partial charge < -0.3 is 5.73 Å². The molecule has 0 saturated carbocycles. The molecule has 0 amide bonds. The number of aromatic nitrogens is 1.